The molecule has 0 atom stereocenters. The van der Waals surface area contributed by atoms with E-state index in [0.29, 0.717) is 5.69 Å². The molecule has 1 aliphatic rings. The molecule has 3 rings (SSSR count). The predicted molar refractivity (Wildman–Crippen MR) is 95.2 cm³/mol. The molecule has 0 saturated heterocycles. The maximum absolute atomic E-state index is 12.1. The third-order valence-electron chi connectivity index (χ3n) is 4.44. The van der Waals surface area contributed by atoms with Crippen LogP contribution in [0.15, 0.2) is 36.4 Å². The van der Waals surface area contributed by atoms with Crippen LogP contribution < -0.4 is 5.32 Å². The molecule has 0 fully saturated rings. The fraction of sp³-hybridized carbons (Fsp3) is 0.263. The van der Waals surface area contributed by atoms with Crippen LogP contribution in [-0.4, -0.2) is 23.4 Å². The van der Waals surface area contributed by atoms with Crippen LogP contribution in [0.3, 0.4) is 0 Å². The van der Waals surface area contributed by atoms with E-state index >= 15 is 0 Å². The maximum atomic E-state index is 12.1. The number of nitro groups is 1. The van der Waals surface area contributed by atoms with Crippen molar-refractivity contribution in [1.29, 1.82) is 0 Å². The molecule has 2 aromatic carbocycles. The Morgan fingerprint density at radius 1 is 1.19 bits per heavy atom. The highest BCUT2D eigenvalue weighted by molar-refractivity contribution is 5.96. The summed E-state index contributed by atoms with van der Waals surface area (Å²) in [5.41, 5.74) is 3.31. The van der Waals surface area contributed by atoms with Crippen molar-refractivity contribution in [1.82, 2.24) is 0 Å². The van der Waals surface area contributed by atoms with Gasteiger partial charge in [0.1, 0.15) is 0 Å². The van der Waals surface area contributed by atoms with Gasteiger partial charge in [0.2, 0.25) is 0 Å². The number of nitrogens with zero attached hydrogens (tertiary/aromatic N) is 1. The van der Waals surface area contributed by atoms with E-state index < -0.39 is 23.4 Å². The summed E-state index contributed by atoms with van der Waals surface area (Å²) in [6.45, 7) is 1.01. The fourth-order valence-electron chi connectivity index (χ4n) is 3.10. The number of ether oxygens (including phenoxy) is 1. The van der Waals surface area contributed by atoms with Gasteiger partial charge in [-0.1, -0.05) is 12.1 Å². The molecule has 0 heterocycles. The second-order valence-corrected chi connectivity index (χ2v) is 6.17. The molecule has 0 aliphatic heterocycles. The lowest BCUT2D eigenvalue weighted by Gasteiger charge is -2.09. The smallest absolute Gasteiger partial charge is 0.339 e. The average molecular weight is 354 g/mol. The Labute approximate surface area is 150 Å². The van der Waals surface area contributed by atoms with Gasteiger partial charge in [-0.25, -0.2) is 4.79 Å². The second-order valence-electron chi connectivity index (χ2n) is 6.17. The molecule has 0 saturated carbocycles. The number of esters is 1. The lowest BCUT2D eigenvalue weighted by molar-refractivity contribution is -0.385. The standard InChI is InChI=1S/C19H18N2O5/c1-12-16(6-3-7-17(12)21(24)25)19(23)26-11-18(22)20-15-9-8-13-4-2-5-14(13)10-15/h3,6-10H,2,4-5,11H2,1H3,(H,20,22). The van der Waals surface area contributed by atoms with Crippen molar-refractivity contribution in [2.75, 3.05) is 11.9 Å². The first-order valence-corrected chi connectivity index (χ1v) is 8.28. The number of nitrogens with one attached hydrogen (secondary N) is 1. The normalized spacial score (nSPS) is 12.3. The van der Waals surface area contributed by atoms with Crippen LogP contribution in [0.1, 0.15) is 33.5 Å². The van der Waals surface area contributed by atoms with Crippen LogP contribution in [0.4, 0.5) is 11.4 Å². The molecule has 1 N–H and O–H groups in total. The Morgan fingerprint density at radius 3 is 2.73 bits per heavy atom. The molecule has 26 heavy (non-hydrogen) atoms. The van der Waals surface area contributed by atoms with E-state index in [1.165, 1.54) is 36.2 Å². The van der Waals surface area contributed by atoms with Crippen molar-refractivity contribution in [3.05, 3.63) is 68.8 Å². The Kier molecular flexibility index (Phi) is 4.97. The number of hydrogen-bond donors (Lipinski definition) is 1. The number of aryl methyl sites for hydroxylation is 2. The van der Waals surface area contributed by atoms with Gasteiger partial charge in [-0.3, -0.25) is 14.9 Å². The number of benzene rings is 2. The molecular formula is C19H18N2O5. The molecule has 1 aliphatic carbocycles. The topological polar surface area (TPSA) is 98.5 Å². The Hall–Kier alpha value is -3.22. The van der Waals surface area contributed by atoms with Gasteiger partial charge in [-0.05, 0) is 55.5 Å². The highest BCUT2D eigenvalue weighted by Gasteiger charge is 2.20. The van der Waals surface area contributed by atoms with Crippen molar-refractivity contribution in [2.24, 2.45) is 0 Å². The highest BCUT2D eigenvalue weighted by atomic mass is 16.6. The van der Waals surface area contributed by atoms with Crippen molar-refractivity contribution in [3.8, 4) is 0 Å². The summed E-state index contributed by atoms with van der Waals surface area (Å²) >= 11 is 0. The average Bonchev–Trinajstić information content (AvgIpc) is 3.07. The van der Waals surface area contributed by atoms with E-state index in [0.717, 1.165) is 19.3 Å². The van der Waals surface area contributed by atoms with Crippen molar-refractivity contribution in [3.63, 3.8) is 0 Å². The first-order chi connectivity index (χ1) is 12.5. The zero-order valence-corrected chi connectivity index (χ0v) is 14.3. The number of hydrogen-bond acceptors (Lipinski definition) is 5. The molecule has 0 bridgehead atoms. The van der Waals surface area contributed by atoms with E-state index in [2.05, 4.69) is 5.32 Å². The van der Waals surface area contributed by atoms with Crippen LogP contribution in [0.5, 0.6) is 0 Å². The molecule has 2 aromatic rings. The van der Waals surface area contributed by atoms with Gasteiger partial charge in [0.05, 0.1) is 10.5 Å². The lowest BCUT2D eigenvalue weighted by Crippen LogP contribution is -2.21. The van der Waals surface area contributed by atoms with Crippen molar-refractivity contribution < 1.29 is 19.2 Å². The SMILES string of the molecule is Cc1c(C(=O)OCC(=O)Nc2ccc3c(c2)CCC3)cccc1[N+](=O)[O-]. The maximum Gasteiger partial charge on any atom is 0.339 e. The first-order valence-electron chi connectivity index (χ1n) is 8.28. The van der Waals surface area contributed by atoms with Crippen LogP contribution in [-0.2, 0) is 22.4 Å². The summed E-state index contributed by atoms with van der Waals surface area (Å²) in [5, 5.41) is 13.6. The van der Waals surface area contributed by atoms with Crippen LogP contribution in [0.2, 0.25) is 0 Å². The van der Waals surface area contributed by atoms with Gasteiger partial charge in [0, 0.05) is 17.3 Å². The zero-order valence-electron chi connectivity index (χ0n) is 14.3. The number of carbonyl (C=O) groups is 2. The number of amides is 1. The van der Waals surface area contributed by atoms with E-state index in [9.17, 15) is 19.7 Å². The molecule has 1 amide bonds. The number of rotatable bonds is 5. The largest absolute Gasteiger partial charge is 0.452 e. The van der Waals surface area contributed by atoms with Gasteiger partial charge in [-0.15, -0.1) is 0 Å². The van der Waals surface area contributed by atoms with Crippen molar-refractivity contribution in [2.45, 2.75) is 26.2 Å². The minimum Gasteiger partial charge on any atom is -0.452 e. The van der Waals surface area contributed by atoms with Crippen LogP contribution >= 0.6 is 0 Å². The Morgan fingerprint density at radius 2 is 1.96 bits per heavy atom. The lowest BCUT2D eigenvalue weighted by atomic mass is 10.1. The van der Waals surface area contributed by atoms with E-state index in [1.807, 2.05) is 18.2 Å². The van der Waals surface area contributed by atoms with Crippen LogP contribution in [0, 0.1) is 17.0 Å². The number of nitro benzene ring substituents is 1. The van der Waals surface area contributed by atoms with Crippen molar-refractivity contribution >= 4 is 23.3 Å². The molecule has 0 radical (unpaired) electrons. The molecule has 0 unspecified atom stereocenters. The molecule has 7 nitrogen and oxygen atoms in total. The fourth-order valence-corrected chi connectivity index (χ4v) is 3.10. The quantitative estimate of drug-likeness (QED) is 0.505. The minimum absolute atomic E-state index is 0.0736. The van der Waals surface area contributed by atoms with E-state index in [-0.39, 0.29) is 16.8 Å². The summed E-state index contributed by atoms with van der Waals surface area (Å²) in [7, 11) is 0. The van der Waals surface area contributed by atoms with Gasteiger partial charge in [0.25, 0.3) is 11.6 Å². The summed E-state index contributed by atoms with van der Waals surface area (Å²) in [5.74, 6) is -1.23. The van der Waals surface area contributed by atoms with Crippen LogP contribution in [0.25, 0.3) is 0 Å². The van der Waals surface area contributed by atoms with Gasteiger partial charge >= 0.3 is 5.97 Å². The van der Waals surface area contributed by atoms with E-state index in [1.54, 1.807) is 0 Å². The van der Waals surface area contributed by atoms with Gasteiger partial charge in [-0.2, -0.15) is 0 Å². The van der Waals surface area contributed by atoms with Gasteiger partial charge in [0.15, 0.2) is 6.61 Å². The van der Waals surface area contributed by atoms with Gasteiger partial charge < -0.3 is 10.1 Å². The highest BCUT2D eigenvalue weighted by Crippen LogP contribution is 2.25. The third-order valence-corrected chi connectivity index (χ3v) is 4.44. The number of fused-ring (bicyclic) bond motifs is 1. The Balaban J connectivity index is 1.60. The molecule has 134 valence electrons. The second kappa shape index (κ2) is 7.35. The molecule has 7 heteroatoms. The predicted octanol–water partition coefficient (Wildman–Crippen LogP) is 3.19. The summed E-state index contributed by atoms with van der Waals surface area (Å²) < 4.78 is 5.00. The number of carbonyl (C=O) groups excluding carboxylic acids is 2. The summed E-state index contributed by atoms with van der Waals surface area (Å²) in [6.07, 6.45) is 3.18. The Bertz CT molecular complexity index is 891. The molecule has 0 aromatic heterocycles. The molecular weight excluding hydrogens is 336 g/mol. The number of anilines is 1. The third kappa shape index (κ3) is 3.72. The molecule has 0 spiro atoms. The monoisotopic (exact) mass is 354 g/mol. The minimum atomic E-state index is -0.768. The zero-order chi connectivity index (χ0) is 18.7. The first kappa shape index (κ1) is 17.6. The summed E-state index contributed by atoms with van der Waals surface area (Å²) in [4.78, 5) is 34.5. The van der Waals surface area contributed by atoms with E-state index in [4.69, 9.17) is 4.74 Å². The summed E-state index contributed by atoms with van der Waals surface area (Å²) in [6, 6.07) is 9.92.